The number of carbonyl (C=O) groups is 2. The van der Waals surface area contributed by atoms with E-state index in [-0.39, 0.29) is 11.8 Å². The summed E-state index contributed by atoms with van der Waals surface area (Å²) in [5, 5.41) is 0. The zero-order valence-electron chi connectivity index (χ0n) is 8.40. The zero-order valence-corrected chi connectivity index (χ0v) is 6.40. The van der Waals surface area contributed by atoms with E-state index in [2.05, 4.69) is 4.74 Å². The first-order valence-corrected chi connectivity index (χ1v) is 4.21. The quantitative estimate of drug-likeness (QED) is 0.395. The van der Waals surface area contributed by atoms with Crippen LogP contribution in [0.1, 0.15) is 22.0 Å². The van der Waals surface area contributed by atoms with Crippen molar-refractivity contribution in [1.29, 1.82) is 0 Å². The number of rotatable bonds is 0. The summed E-state index contributed by atoms with van der Waals surface area (Å²) < 4.78 is 20.0. The molecule has 0 aromatic heterocycles. The summed E-state index contributed by atoms with van der Waals surface area (Å²) >= 11 is 0. The van der Waals surface area contributed by atoms with Gasteiger partial charge in [-0.15, -0.1) is 0 Å². The Kier molecular flexibility index (Phi) is 0.789. The van der Waals surface area contributed by atoms with E-state index in [1.807, 2.05) is 0 Å². The Bertz CT molecular complexity index is 300. The largest absolute Gasteiger partial charge is 0.393 e. The Balaban J connectivity index is 2.01. The second-order valence-corrected chi connectivity index (χ2v) is 3.74. The van der Waals surface area contributed by atoms with Gasteiger partial charge in [0.1, 0.15) is 0 Å². The van der Waals surface area contributed by atoms with Crippen LogP contribution in [0.25, 0.3) is 0 Å². The van der Waals surface area contributed by atoms with Gasteiger partial charge in [-0.1, -0.05) is 0 Å². The third-order valence-electron chi connectivity index (χ3n) is 3.20. The van der Waals surface area contributed by atoms with Gasteiger partial charge in [0.05, 0.1) is 11.8 Å². The number of fused-ring (bicyclic) bond motifs is 5. The third kappa shape index (κ3) is 0.586. The lowest BCUT2D eigenvalue weighted by Gasteiger charge is -2.17. The number of hydrogen-bond acceptors (Lipinski definition) is 3. The lowest BCUT2D eigenvalue weighted by atomic mass is 9.81. The molecule has 3 rings (SSSR count). The number of ether oxygens (including phenoxy) is 1. The van der Waals surface area contributed by atoms with Crippen LogP contribution < -0.4 is 0 Å². The third-order valence-corrected chi connectivity index (χ3v) is 3.20. The van der Waals surface area contributed by atoms with E-state index in [9.17, 15) is 9.59 Å². The minimum absolute atomic E-state index is 0.119. The maximum Gasteiger partial charge on any atom is 0.317 e. The molecule has 64 valence electrons. The van der Waals surface area contributed by atoms with Gasteiger partial charge in [0.15, 0.2) is 0 Å². The van der Waals surface area contributed by atoms with Crippen molar-refractivity contribution in [3.05, 3.63) is 0 Å². The Morgan fingerprint density at radius 2 is 1.67 bits per heavy atom. The fourth-order valence-corrected chi connectivity index (χ4v) is 2.70. The van der Waals surface area contributed by atoms with E-state index in [0.29, 0.717) is 6.42 Å². The monoisotopic (exact) mass is 168 g/mol. The highest BCUT2D eigenvalue weighted by Gasteiger charge is 2.59. The molecule has 12 heavy (non-hydrogen) atoms. The van der Waals surface area contributed by atoms with Crippen LogP contribution in [0, 0.1) is 23.7 Å². The highest BCUT2D eigenvalue weighted by atomic mass is 16.6. The van der Waals surface area contributed by atoms with Crippen LogP contribution in [-0.4, -0.2) is 11.9 Å². The molecule has 3 nitrogen and oxygen atoms in total. The van der Waals surface area contributed by atoms with E-state index < -0.39 is 36.6 Å². The maximum atomic E-state index is 11.3. The molecular formula is C9H10O3. The molecule has 3 heteroatoms. The zero-order chi connectivity index (χ0) is 10.0. The van der Waals surface area contributed by atoms with Crippen molar-refractivity contribution in [2.24, 2.45) is 23.7 Å². The second kappa shape index (κ2) is 1.90. The highest BCUT2D eigenvalue weighted by molar-refractivity contribution is 5.97. The molecule has 1 heterocycles. The predicted octanol–water partition coefficient (Wildman–Crippen LogP) is 0.732. The first-order chi connectivity index (χ1) is 6.61. The fourth-order valence-electron chi connectivity index (χ4n) is 2.70. The van der Waals surface area contributed by atoms with Gasteiger partial charge in [-0.3, -0.25) is 9.59 Å². The summed E-state index contributed by atoms with van der Waals surface area (Å²) in [5.41, 5.74) is 0. The van der Waals surface area contributed by atoms with Crippen LogP contribution in [0.15, 0.2) is 0 Å². The summed E-state index contributed by atoms with van der Waals surface area (Å²) in [7, 11) is 0. The molecule has 6 unspecified atom stereocenters. The molecule has 2 bridgehead atoms. The van der Waals surface area contributed by atoms with Crippen molar-refractivity contribution in [2.75, 3.05) is 0 Å². The topological polar surface area (TPSA) is 43.4 Å². The van der Waals surface area contributed by atoms with Crippen LogP contribution in [0.4, 0.5) is 0 Å². The maximum absolute atomic E-state index is 11.3. The number of cyclic esters (lactones) is 2. The lowest BCUT2D eigenvalue weighted by Crippen LogP contribution is -2.24. The van der Waals surface area contributed by atoms with Crippen molar-refractivity contribution in [3.63, 3.8) is 0 Å². The Labute approximate surface area is 72.9 Å². The normalized spacial score (nSPS) is 64.3. The van der Waals surface area contributed by atoms with Gasteiger partial charge in [0.2, 0.25) is 0 Å². The number of hydrogen-bond donors (Lipinski definition) is 0. The van der Waals surface area contributed by atoms with Crippen LogP contribution in [0.5, 0.6) is 0 Å². The molecule has 0 spiro atoms. The van der Waals surface area contributed by atoms with Crippen LogP contribution >= 0.6 is 0 Å². The van der Waals surface area contributed by atoms with E-state index >= 15 is 0 Å². The molecule has 2 aliphatic carbocycles. The van der Waals surface area contributed by atoms with E-state index in [4.69, 9.17) is 2.74 Å². The van der Waals surface area contributed by atoms with Crippen molar-refractivity contribution in [1.82, 2.24) is 0 Å². The summed E-state index contributed by atoms with van der Waals surface area (Å²) in [6.45, 7) is 0. The van der Waals surface area contributed by atoms with Crippen LogP contribution in [0.2, 0.25) is 0 Å². The summed E-state index contributed by atoms with van der Waals surface area (Å²) in [6.07, 6.45) is -0.349. The average Bonchev–Trinajstić information content (AvgIpc) is 2.71. The lowest BCUT2D eigenvalue weighted by molar-refractivity contribution is -0.154. The number of esters is 2. The summed E-state index contributed by atoms with van der Waals surface area (Å²) in [6, 6.07) is 0. The molecule has 0 aromatic carbocycles. The molecule has 0 amide bonds. The molecule has 3 aliphatic rings. The van der Waals surface area contributed by atoms with Crippen LogP contribution in [0.3, 0.4) is 0 Å². The van der Waals surface area contributed by atoms with Crippen molar-refractivity contribution in [3.8, 4) is 0 Å². The number of carbonyl (C=O) groups excluding carboxylic acids is 2. The molecule has 0 radical (unpaired) electrons. The molecule has 1 saturated heterocycles. The Morgan fingerprint density at radius 1 is 1.17 bits per heavy atom. The smallest absolute Gasteiger partial charge is 0.317 e. The van der Waals surface area contributed by atoms with Gasteiger partial charge in [-0.2, -0.15) is 0 Å². The Hall–Kier alpha value is -0.860. The first kappa shape index (κ1) is 5.00. The second-order valence-electron chi connectivity index (χ2n) is 3.74. The highest BCUT2D eigenvalue weighted by Crippen LogP contribution is 2.55. The van der Waals surface area contributed by atoms with Gasteiger partial charge < -0.3 is 4.74 Å². The molecule has 0 aromatic rings. The van der Waals surface area contributed by atoms with Gasteiger partial charge in [-0.05, 0) is 31.1 Å². The van der Waals surface area contributed by atoms with Gasteiger partial charge in [-0.25, -0.2) is 0 Å². The van der Waals surface area contributed by atoms with Gasteiger partial charge in [0.25, 0.3) is 0 Å². The first-order valence-electron chi connectivity index (χ1n) is 5.37. The standard InChI is InChI=1S/C9H10O3/c10-8-6-4-1-2-5(3-4)7(6)9(11)12-8/h4-7H,1-3H2/i1D,2D. The average molecular weight is 168 g/mol. The van der Waals surface area contributed by atoms with Gasteiger partial charge >= 0.3 is 11.9 Å². The molecular weight excluding hydrogens is 156 g/mol. The predicted molar refractivity (Wildman–Crippen MR) is 38.9 cm³/mol. The van der Waals surface area contributed by atoms with E-state index in [1.54, 1.807) is 0 Å². The molecule has 1 aliphatic heterocycles. The van der Waals surface area contributed by atoms with E-state index in [1.165, 1.54) is 0 Å². The molecule has 0 N–H and O–H groups in total. The molecule has 2 saturated carbocycles. The van der Waals surface area contributed by atoms with Crippen molar-refractivity contribution in [2.45, 2.75) is 19.2 Å². The van der Waals surface area contributed by atoms with Crippen molar-refractivity contribution < 1.29 is 17.1 Å². The van der Waals surface area contributed by atoms with Crippen LogP contribution in [-0.2, 0) is 14.3 Å². The summed E-state index contributed by atoms with van der Waals surface area (Å²) in [4.78, 5) is 22.6. The molecule has 3 fully saturated rings. The van der Waals surface area contributed by atoms with E-state index in [0.717, 1.165) is 0 Å². The summed E-state index contributed by atoms with van der Waals surface area (Å²) in [5.74, 6) is -1.97. The fraction of sp³-hybridized carbons (Fsp3) is 0.778. The van der Waals surface area contributed by atoms with Crippen molar-refractivity contribution >= 4 is 11.9 Å². The Morgan fingerprint density at radius 3 is 2.17 bits per heavy atom. The SMILES string of the molecule is [2H]C1C([2H])C2CC1C1C(=O)OC(=O)C21. The minimum atomic E-state index is -0.514. The van der Waals surface area contributed by atoms with Gasteiger partial charge in [0, 0.05) is 2.74 Å². The molecule has 6 atom stereocenters. The minimum Gasteiger partial charge on any atom is -0.393 e.